The van der Waals surface area contributed by atoms with Crippen molar-refractivity contribution in [1.29, 1.82) is 0 Å². The number of allylic oxidation sites excluding steroid dienone is 2. The summed E-state index contributed by atoms with van der Waals surface area (Å²) in [5.41, 5.74) is 0. The quantitative estimate of drug-likeness (QED) is 0.0570. The van der Waals surface area contributed by atoms with Gasteiger partial charge in [0.2, 0.25) is 5.91 Å². The second-order valence-electron chi connectivity index (χ2n) is 11.4. The van der Waals surface area contributed by atoms with Gasteiger partial charge in [0, 0.05) is 0 Å². The zero-order chi connectivity index (χ0) is 28.1. The molecule has 0 saturated heterocycles. The first-order valence-electron chi connectivity index (χ1n) is 16.5. The maximum absolute atomic E-state index is 12.3. The van der Waals surface area contributed by atoms with E-state index < -0.39 is 18.2 Å². The lowest BCUT2D eigenvalue weighted by Gasteiger charge is -2.23. The summed E-state index contributed by atoms with van der Waals surface area (Å²) in [6.07, 6.45) is 30.2. The molecule has 0 spiro atoms. The van der Waals surface area contributed by atoms with Crippen molar-refractivity contribution in [3.8, 4) is 0 Å². The Morgan fingerprint density at radius 1 is 0.632 bits per heavy atom. The highest BCUT2D eigenvalue weighted by Crippen LogP contribution is 2.15. The molecule has 0 fully saturated rings. The van der Waals surface area contributed by atoms with Crippen molar-refractivity contribution in [1.82, 2.24) is 5.32 Å². The average molecular weight is 540 g/mol. The number of amides is 1. The molecule has 3 atom stereocenters. The van der Waals surface area contributed by atoms with Gasteiger partial charge in [-0.1, -0.05) is 142 Å². The van der Waals surface area contributed by atoms with E-state index in [-0.39, 0.29) is 18.9 Å². The Morgan fingerprint density at radius 3 is 1.58 bits per heavy atom. The van der Waals surface area contributed by atoms with Crippen molar-refractivity contribution >= 4 is 5.91 Å². The molecule has 0 bridgehead atoms. The van der Waals surface area contributed by atoms with Crippen LogP contribution in [0, 0.1) is 0 Å². The normalized spacial score (nSPS) is 14.1. The van der Waals surface area contributed by atoms with Gasteiger partial charge in [-0.05, 0) is 32.1 Å². The van der Waals surface area contributed by atoms with Crippen LogP contribution in [0.25, 0.3) is 0 Å². The van der Waals surface area contributed by atoms with Crippen LogP contribution in [0.1, 0.15) is 168 Å². The SMILES string of the molecule is CCCC/C=C\CCCCC(O)CC(=O)NC(CO)C(O)CCCCCCCCCCCCCCCCC. The van der Waals surface area contributed by atoms with Crippen LogP contribution in [0.5, 0.6) is 0 Å². The first kappa shape index (κ1) is 37.1. The van der Waals surface area contributed by atoms with Gasteiger partial charge in [-0.3, -0.25) is 4.79 Å². The Kier molecular flexibility index (Phi) is 28.4. The number of hydrogen-bond donors (Lipinski definition) is 4. The molecule has 5 nitrogen and oxygen atoms in total. The Hall–Kier alpha value is -0.910. The summed E-state index contributed by atoms with van der Waals surface area (Å²) in [5, 5.41) is 33.0. The third kappa shape index (κ3) is 25.4. The molecule has 226 valence electrons. The van der Waals surface area contributed by atoms with E-state index in [1.54, 1.807) is 0 Å². The summed E-state index contributed by atoms with van der Waals surface area (Å²) in [7, 11) is 0. The first-order chi connectivity index (χ1) is 18.5. The van der Waals surface area contributed by atoms with Crippen LogP contribution >= 0.6 is 0 Å². The lowest BCUT2D eigenvalue weighted by Crippen LogP contribution is -2.46. The molecule has 0 radical (unpaired) electrons. The molecule has 3 unspecified atom stereocenters. The van der Waals surface area contributed by atoms with E-state index in [0.29, 0.717) is 12.8 Å². The minimum absolute atomic E-state index is 0.0223. The molecule has 0 aliphatic rings. The number of carbonyl (C=O) groups is 1. The van der Waals surface area contributed by atoms with E-state index in [1.807, 2.05) is 0 Å². The van der Waals surface area contributed by atoms with E-state index in [9.17, 15) is 20.1 Å². The summed E-state index contributed by atoms with van der Waals surface area (Å²) in [6, 6.07) is -0.658. The van der Waals surface area contributed by atoms with Crippen LogP contribution in [-0.4, -0.2) is 46.1 Å². The summed E-state index contributed by atoms with van der Waals surface area (Å²) < 4.78 is 0. The highest BCUT2D eigenvalue weighted by atomic mass is 16.3. The Labute approximate surface area is 236 Å². The summed E-state index contributed by atoms with van der Waals surface area (Å²) in [5.74, 6) is -0.299. The molecule has 38 heavy (non-hydrogen) atoms. The lowest BCUT2D eigenvalue weighted by atomic mass is 10.0. The van der Waals surface area contributed by atoms with Gasteiger partial charge < -0.3 is 20.6 Å². The molecular weight excluding hydrogens is 474 g/mol. The van der Waals surface area contributed by atoms with E-state index in [0.717, 1.165) is 38.5 Å². The zero-order valence-electron chi connectivity index (χ0n) is 25.3. The third-order valence-electron chi connectivity index (χ3n) is 7.58. The van der Waals surface area contributed by atoms with Crippen molar-refractivity contribution in [2.45, 2.75) is 186 Å². The molecule has 0 aromatic rings. The molecule has 0 aliphatic heterocycles. The number of nitrogens with one attached hydrogen (secondary N) is 1. The molecule has 0 rings (SSSR count). The highest BCUT2D eigenvalue weighted by molar-refractivity contribution is 5.76. The van der Waals surface area contributed by atoms with Crippen LogP contribution in [0.3, 0.4) is 0 Å². The molecule has 1 amide bonds. The van der Waals surface area contributed by atoms with E-state index in [2.05, 4.69) is 31.3 Å². The maximum atomic E-state index is 12.3. The van der Waals surface area contributed by atoms with Gasteiger partial charge in [-0.25, -0.2) is 0 Å². The first-order valence-corrected chi connectivity index (χ1v) is 16.5. The number of rotatable bonds is 29. The van der Waals surface area contributed by atoms with Gasteiger partial charge >= 0.3 is 0 Å². The largest absolute Gasteiger partial charge is 0.394 e. The van der Waals surface area contributed by atoms with Gasteiger partial charge in [0.15, 0.2) is 0 Å². The number of unbranched alkanes of at least 4 members (excludes halogenated alkanes) is 18. The van der Waals surface area contributed by atoms with Crippen molar-refractivity contribution in [2.75, 3.05) is 6.61 Å². The molecule has 0 aromatic carbocycles. The molecule has 4 N–H and O–H groups in total. The van der Waals surface area contributed by atoms with Crippen LogP contribution in [0.15, 0.2) is 12.2 Å². The number of aliphatic hydroxyl groups excluding tert-OH is 3. The van der Waals surface area contributed by atoms with Gasteiger partial charge in [-0.15, -0.1) is 0 Å². The molecule has 0 aromatic heterocycles. The second-order valence-corrected chi connectivity index (χ2v) is 11.4. The van der Waals surface area contributed by atoms with Crippen LogP contribution in [-0.2, 0) is 4.79 Å². The van der Waals surface area contributed by atoms with Crippen LogP contribution in [0.2, 0.25) is 0 Å². The maximum Gasteiger partial charge on any atom is 0.222 e. The van der Waals surface area contributed by atoms with E-state index in [1.165, 1.54) is 96.3 Å². The van der Waals surface area contributed by atoms with Gasteiger partial charge in [0.1, 0.15) is 0 Å². The fourth-order valence-corrected chi connectivity index (χ4v) is 4.97. The summed E-state index contributed by atoms with van der Waals surface area (Å²) in [6.45, 7) is 4.17. The molecule has 5 heteroatoms. The minimum Gasteiger partial charge on any atom is -0.394 e. The fraction of sp³-hybridized carbons (Fsp3) is 0.909. The fourth-order valence-electron chi connectivity index (χ4n) is 4.97. The van der Waals surface area contributed by atoms with Gasteiger partial charge in [0.05, 0.1) is 31.3 Å². The second kappa shape index (κ2) is 29.1. The average Bonchev–Trinajstić information content (AvgIpc) is 2.90. The Balaban J connectivity index is 3.70. The van der Waals surface area contributed by atoms with Crippen molar-refractivity contribution < 1.29 is 20.1 Å². The Bertz CT molecular complexity index is 525. The summed E-state index contributed by atoms with van der Waals surface area (Å²) >= 11 is 0. The van der Waals surface area contributed by atoms with Gasteiger partial charge in [-0.2, -0.15) is 0 Å². The zero-order valence-corrected chi connectivity index (χ0v) is 25.3. The number of hydrogen-bond acceptors (Lipinski definition) is 4. The predicted octanol–water partition coefficient (Wildman–Crippen LogP) is 8.14. The molecular formula is C33H65NO4. The minimum atomic E-state index is -0.748. The van der Waals surface area contributed by atoms with Crippen molar-refractivity contribution in [3.63, 3.8) is 0 Å². The monoisotopic (exact) mass is 539 g/mol. The number of aliphatic hydroxyl groups is 3. The van der Waals surface area contributed by atoms with Crippen LogP contribution in [0.4, 0.5) is 0 Å². The smallest absolute Gasteiger partial charge is 0.222 e. The van der Waals surface area contributed by atoms with Crippen molar-refractivity contribution in [2.24, 2.45) is 0 Å². The highest BCUT2D eigenvalue weighted by Gasteiger charge is 2.21. The predicted molar refractivity (Wildman–Crippen MR) is 162 cm³/mol. The molecule has 0 aliphatic carbocycles. The standard InChI is InChI=1S/C33H65NO4/c1-3-5-7-9-11-13-14-15-16-17-18-19-21-23-25-27-32(37)31(29-35)34-33(38)28-30(36)26-24-22-20-12-10-8-6-4-2/h10,12,30-32,35-37H,3-9,11,13-29H2,1-2H3,(H,34,38)/b12-10-. The molecule has 0 heterocycles. The third-order valence-corrected chi connectivity index (χ3v) is 7.58. The van der Waals surface area contributed by atoms with E-state index >= 15 is 0 Å². The van der Waals surface area contributed by atoms with Crippen LogP contribution < -0.4 is 5.32 Å². The van der Waals surface area contributed by atoms with E-state index in [4.69, 9.17) is 0 Å². The van der Waals surface area contributed by atoms with Gasteiger partial charge in [0.25, 0.3) is 0 Å². The topological polar surface area (TPSA) is 89.8 Å². The van der Waals surface area contributed by atoms with Crippen molar-refractivity contribution in [3.05, 3.63) is 12.2 Å². The Morgan fingerprint density at radius 2 is 1.08 bits per heavy atom. The lowest BCUT2D eigenvalue weighted by molar-refractivity contribution is -0.125. The molecule has 0 saturated carbocycles. The number of carbonyl (C=O) groups excluding carboxylic acids is 1. The summed E-state index contributed by atoms with van der Waals surface area (Å²) in [4.78, 5) is 12.3.